The molecule has 0 aliphatic carbocycles. The molecule has 2 aromatic carbocycles. The van der Waals surface area contributed by atoms with Crippen molar-refractivity contribution in [2.75, 3.05) is 4.31 Å². The fourth-order valence-corrected chi connectivity index (χ4v) is 5.38. The summed E-state index contributed by atoms with van der Waals surface area (Å²) in [4.78, 5) is 13.8. The van der Waals surface area contributed by atoms with E-state index >= 15 is 4.39 Å². The summed E-state index contributed by atoms with van der Waals surface area (Å²) in [5.74, 6) is -1.66. The average Bonchev–Trinajstić information content (AvgIpc) is 2.76. The van der Waals surface area contributed by atoms with Gasteiger partial charge in [-0.15, -0.1) is 0 Å². The van der Waals surface area contributed by atoms with Crippen LogP contribution in [0.25, 0.3) is 0 Å². The van der Waals surface area contributed by atoms with Crippen molar-refractivity contribution in [2.24, 2.45) is 0 Å². The van der Waals surface area contributed by atoms with Gasteiger partial charge in [-0.1, -0.05) is 99.6 Å². The Balaban J connectivity index is 2.89. The van der Waals surface area contributed by atoms with Gasteiger partial charge in [-0.25, -0.2) is 4.39 Å². The maximum Gasteiger partial charge on any atom is 0.366 e. The van der Waals surface area contributed by atoms with Crippen molar-refractivity contribution in [3.63, 3.8) is 0 Å². The lowest BCUT2D eigenvalue weighted by Gasteiger charge is -2.30. The van der Waals surface area contributed by atoms with Crippen molar-refractivity contribution in [1.82, 2.24) is 0 Å². The summed E-state index contributed by atoms with van der Waals surface area (Å²) in [7, 11) is -5.13. The molecule has 2 rings (SSSR count). The van der Waals surface area contributed by atoms with E-state index in [1.807, 2.05) is 67.5 Å². The Morgan fingerprint density at radius 3 is 1.44 bits per heavy atom. The highest BCUT2D eigenvalue weighted by Crippen LogP contribution is 2.42. The zero-order chi connectivity index (χ0) is 27.7. The Kier molecular flexibility index (Phi) is 9.52. The molecule has 0 aromatic heterocycles. The maximum atomic E-state index is 16.5. The van der Waals surface area contributed by atoms with Gasteiger partial charge in [-0.3, -0.25) is 9.35 Å². The van der Waals surface area contributed by atoms with Gasteiger partial charge in [-0.05, 0) is 57.4 Å². The van der Waals surface area contributed by atoms with Gasteiger partial charge in [0, 0.05) is 5.56 Å². The highest BCUT2D eigenvalue weighted by atomic mass is 32.2. The monoisotopic (exact) mass is 519 g/mol. The molecule has 7 heteroatoms. The van der Waals surface area contributed by atoms with Gasteiger partial charge in [0.05, 0.1) is 5.69 Å². The molecule has 0 heterocycles. The largest absolute Gasteiger partial charge is 0.366 e. The standard InChI is InChI=1S/C29H42FNO4S/c1-16(2)21-14-24(19(7)8)26(25(15-21)20(9)10)27(30)29(32)31(36(33,34)35)28-22(17(3)4)12-11-13-23(28)18(5)6/h11-20,27H,1-10H3,(H,33,34,35). The predicted octanol–water partition coefficient (Wildman–Crippen LogP) is 8.15. The van der Waals surface area contributed by atoms with Crippen LogP contribution in [0, 0.1) is 0 Å². The van der Waals surface area contributed by atoms with E-state index in [-0.39, 0.29) is 45.1 Å². The van der Waals surface area contributed by atoms with Crippen LogP contribution in [0.4, 0.5) is 10.1 Å². The Hall–Kier alpha value is -2.25. The summed E-state index contributed by atoms with van der Waals surface area (Å²) in [6, 6.07) is 9.03. The second kappa shape index (κ2) is 11.4. The van der Waals surface area contributed by atoms with Crippen LogP contribution in [-0.2, 0) is 15.1 Å². The molecule has 0 saturated carbocycles. The molecule has 5 nitrogen and oxygen atoms in total. The molecule has 1 atom stereocenters. The number of alkyl halides is 1. The number of anilines is 1. The number of carbonyl (C=O) groups excluding carboxylic acids is 1. The van der Waals surface area contributed by atoms with E-state index in [4.69, 9.17) is 0 Å². The van der Waals surface area contributed by atoms with Crippen molar-refractivity contribution in [1.29, 1.82) is 0 Å². The van der Waals surface area contributed by atoms with Crippen molar-refractivity contribution in [3.05, 3.63) is 63.7 Å². The van der Waals surface area contributed by atoms with Gasteiger partial charge < -0.3 is 0 Å². The van der Waals surface area contributed by atoms with Gasteiger partial charge in [0.2, 0.25) is 6.17 Å². The lowest BCUT2D eigenvalue weighted by molar-refractivity contribution is -0.122. The predicted molar refractivity (Wildman–Crippen MR) is 146 cm³/mol. The second-order valence-corrected chi connectivity index (χ2v) is 12.4. The zero-order valence-corrected chi connectivity index (χ0v) is 24.1. The summed E-state index contributed by atoms with van der Waals surface area (Å²) in [6.45, 7) is 19.3. The first-order valence-corrected chi connectivity index (χ1v) is 14.2. The van der Waals surface area contributed by atoms with Crippen LogP contribution in [0.2, 0.25) is 0 Å². The minimum atomic E-state index is -5.13. The molecule has 200 valence electrons. The molecule has 0 spiro atoms. The molecular formula is C29H42FNO4S. The van der Waals surface area contributed by atoms with Crippen molar-refractivity contribution < 1.29 is 22.2 Å². The summed E-state index contributed by atoms with van der Waals surface area (Å²) in [5, 5.41) is 0. The number of hydrogen-bond acceptors (Lipinski definition) is 3. The highest BCUT2D eigenvalue weighted by molar-refractivity contribution is 7.88. The average molecular weight is 520 g/mol. The third-order valence-corrected chi connectivity index (χ3v) is 7.45. The minimum Gasteiger partial charge on any atom is -0.270 e. The third kappa shape index (κ3) is 6.17. The number of para-hydroxylation sites is 1. The lowest BCUT2D eigenvalue weighted by atomic mass is 9.82. The Morgan fingerprint density at radius 1 is 0.750 bits per heavy atom. The summed E-state index contributed by atoms with van der Waals surface area (Å²) in [6.07, 6.45) is -2.27. The second-order valence-electron chi connectivity index (χ2n) is 11.1. The molecule has 0 saturated heterocycles. The lowest BCUT2D eigenvalue weighted by Crippen LogP contribution is -2.40. The Bertz CT molecular complexity index is 1140. The quantitative estimate of drug-likeness (QED) is 0.339. The first kappa shape index (κ1) is 30.0. The number of hydrogen-bond donors (Lipinski definition) is 1. The van der Waals surface area contributed by atoms with E-state index in [9.17, 15) is 17.8 Å². The number of carbonyl (C=O) groups is 1. The summed E-state index contributed by atoms with van der Waals surface area (Å²) < 4.78 is 52.5. The first-order valence-electron chi connectivity index (χ1n) is 12.8. The third-order valence-electron chi connectivity index (χ3n) is 6.62. The fourth-order valence-electron chi connectivity index (χ4n) is 4.62. The van der Waals surface area contributed by atoms with E-state index in [1.54, 1.807) is 18.2 Å². The van der Waals surface area contributed by atoms with Crippen LogP contribution in [-0.4, -0.2) is 18.9 Å². The van der Waals surface area contributed by atoms with Crippen LogP contribution in [0.1, 0.15) is 138 Å². The summed E-state index contributed by atoms with van der Waals surface area (Å²) >= 11 is 0. The Morgan fingerprint density at radius 2 is 1.14 bits per heavy atom. The molecule has 1 amide bonds. The molecule has 2 aromatic rings. The van der Waals surface area contributed by atoms with E-state index in [2.05, 4.69) is 13.8 Å². The normalized spacial score (nSPS) is 13.4. The minimum absolute atomic E-state index is 0.0358. The summed E-state index contributed by atoms with van der Waals surface area (Å²) in [5.41, 5.74) is 3.68. The first-order chi connectivity index (χ1) is 16.5. The molecular weight excluding hydrogens is 477 g/mol. The fraction of sp³-hybridized carbons (Fsp3) is 0.552. The number of amides is 1. The van der Waals surface area contributed by atoms with Crippen LogP contribution in [0.5, 0.6) is 0 Å². The van der Waals surface area contributed by atoms with Gasteiger partial charge in [-0.2, -0.15) is 12.7 Å². The van der Waals surface area contributed by atoms with Crippen molar-refractivity contribution in [3.8, 4) is 0 Å². The molecule has 0 bridgehead atoms. The van der Waals surface area contributed by atoms with Crippen LogP contribution in [0.3, 0.4) is 0 Å². The van der Waals surface area contributed by atoms with Gasteiger partial charge >= 0.3 is 10.3 Å². The maximum absolute atomic E-state index is 16.5. The molecule has 0 fully saturated rings. The number of halogens is 1. The smallest absolute Gasteiger partial charge is 0.270 e. The molecule has 36 heavy (non-hydrogen) atoms. The van der Waals surface area contributed by atoms with Crippen LogP contribution < -0.4 is 4.31 Å². The van der Waals surface area contributed by atoms with Gasteiger partial charge in [0.25, 0.3) is 5.91 Å². The zero-order valence-electron chi connectivity index (χ0n) is 23.3. The van der Waals surface area contributed by atoms with Gasteiger partial charge in [0.15, 0.2) is 0 Å². The van der Waals surface area contributed by atoms with E-state index in [0.717, 1.165) is 5.56 Å². The highest BCUT2D eigenvalue weighted by Gasteiger charge is 2.40. The van der Waals surface area contributed by atoms with Crippen molar-refractivity contribution >= 4 is 21.9 Å². The Labute approximate surface area is 217 Å². The SMILES string of the molecule is CC(C)c1cc(C(C)C)c(C(F)C(=O)N(c2c(C(C)C)cccc2C(C)C)S(=O)(=O)O)c(C(C)C)c1. The van der Waals surface area contributed by atoms with E-state index < -0.39 is 22.4 Å². The number of nitrogens with zero attached hydrogens (tertiary/aromatic N) is 1. The van der Waals surface area contributed by atoms with E-state index in [0.29, 0.717) is 22.3 Å². The number of benzene rings is 2. The molecule has 0 aliphatic heterocycles. The van der Waals surface area contributed by atoms with Crippen LogP contribution in [0.15, 0.2) is 30.3 Å². The van der Waals surface area contributed by atoms with Crippen LogP contribution >= 0.6 is 0 Å². The van der Waals surface area contributed by atoms with Crippen molar-refractivity contribution in [2.45, 2.75) is 105 Å². The molecule has 0 aliphatic rings. The van der Waals surface area contributed by atoms with Gasteiger partial charge in [0.1, 0.15) is 0 Å². The topological polar surface area (TPSA) is 74.7 Å². The van der Waals surface area contributed by atoms with E-state index in [1.165, 1.54) is 0 Å². The molecule has 1 unspecified atom stereocenters. The number of rotatable bonds is 9. The molecule has 1 N–H and O–H groups in total. The molecule has 0 radical (unpaired) electrons.